The first kappa shape index (κ1) is 21.8. The van der Waals surface area contributed by atoms with Crippen LogP contribution in [0, 0.1) is 11.8 Å². The van der Waals surface area contributed by atoms with Gasteiger partial charge >= 0.3 is 5.97 Å². The van der Waals surface area contributed by atoms with Crippen molar-refractivity contribution in [2.24, 2.45) is 11.8 Å². The number of amides is 2. The van der Waals surface area contributed by atoms with Crippen molar-refractivity contribution in [1.82, 2.24) is 4.90 Å². The second kappa shape index (κ2) is 7.62. The molecule has 2 bridgehead atoms. The van der Waals surface area contributed by atoms with E-state index in [0.29, 0.717) is 23.6 Å². The number of nitrogens with zero attached hydrogens (tertiary/aromatic N) is 2. The predicted molar refractivity (Wildman–Crippen MR) is 113 cm³/mol. The highest BCUT2D eigenvalue weighted by Gasteiger charge is 2.78. The van der Waals surface area contributed by atoms with Gasteiger partial charge in [0.2, 0.25) is 5.91 Å². The number of carbonyl (C=O) groups excluding carboxylic acids is 2. The number of hydrogen-bond acceptors (Lipinski definition) is 5. The Labute approximate surface area is 185 Å². The molecule has 3 aliphatic heterocycles. The van der Waals surface area contributed by atoms with Crippen molar-refractivity contribution in [2.75, 3.05) is 24.6 Å². The highest BCUT2D eigenvalue weighted by molar-refractivity contribution is 6.34. The molecule has 31 heavy (non-hydrogen) atoms. The molecule has 1 aromatic carbocycles. The molecule has 166 valence electrons. The summed E-state index contributed by atoms with van der Waals surface area (Å²) in [7, 11) is 0. The quantitative estimate of drug-likeness (QED) is 0.615. The number of rotatable bonds is 7. The molecule has 3 aliphatic rings. The molecule has 0 radical (unpaired) electrons. The molecule has 3 fully saturated rings. The molecule has 0 aliphatic carbocycles. The molecule has 2 amide bonds. The zero-order valence-corrected chi connectivity index (χ0v) is 17.9. The molecular weight excluding hydrogens is 424 g/mol. The first-order chi connectivity index (χ1) is 14.7. The zero-order chi connectivity index (χ0) is 22.6. The molecule has 2 unspecified atom stereocenters. The molecule has 3 saturated heterocycles. The lowest BCUT2D eigenvalue weighted by molar-refractivity contribution is -0.154. The summed E-state index contributed by atoms with van der Waals surface area (Å²) < 4.78 is 6.29. The van der Waals surface area contributed by atoms with E-state index in [1.165, 1.54) is 9.80 Å². The van der Waals surface area contributed by atoms with Gasteiger partial charge in [-0.3, -0.25) is 14.4 Å². The Hall–Kier alpha value is -2.42. The molecular formula is C22H25ClN2O6. The molecule has 3 heterocycles. The number of fused-ring (bicyclic) bond motifs is 1. The fourth-order valence-corrected chi connectivity index (χ4v) is 5.92. The molecule has 9 heteroatoms. The number of carbonyl (C=O) groups is 3. The molecule has 5 atom stereocenters. The van der Waals surface area contributed by atoms with Gasteiger partial charge in [-0.2, -0.15) is 0 Å². The van der Waals surface area contributed by atoms with E-state index in [9.17, 15) is 24.6 Å². The smallest absolute Gasteiger partial charge is 0.310 e. The molecule has 0 saturated carbocycles. The van der Waals surface area contributed by atoms with Crippen LogP contribution in [0.4, 0.5) is 5.69 Å². The van der Waals surface area contributed by atoms with Crippen molar-refractivity contribution in [1.29, 1.82) is 0 Å². The highest BCUT2D eigenvalue weighted by atomic mass is 35.5. The van der Waals surface area contributed by atoms with Crippen LogP contribution in [0.25, 0.3) is 0 Å². The van der Waals surface area contributed by atoms with E-state index in [0.717, 1.165) is 0 Å². The minimum absolute atomic E-state index is 0.0929. The van der Waals surface area contributed by atoms with E-state index in [2.05, 4.69) is 6.58 Å². The summed E-state index contributed by atoms with van der Waals surface area (Å²) in [6.45, 7) is 5.11. The first-order valence-electron chi connectivity index (χ1n) is 10.2. The monoisotopic (exact) mass is 448 g/mol. The highest BCUT2D eigenvalue weighted by Crippen LogP contribution is 2.63. The van der Waals surface area contributed by atoms with Crippen LogP contribution in [0.3, 0.4) is 0 Å². The Morgan fingerprint density at radius 2 is 2.10 bits per heavy atom. The minimum Gasteiger partial charge on any atom is -0.481 e. The van der Waals surface area contributed by atoms with E-state index in [-0.39, 0.29) is 19.7 Å². The second-order valence-electron chi connectivity index (χ2n) is 8.51. The number of para-hydroxylation sites is 1. The molecule has 0 aromatic heterocycles. The minimum atomic E-state index is -1.26. The summed E-state index contributed by atoms with van der Waals surface area (Å²) in [4.78, 5) is 42.1. The fourth-order valence-electron chi connectivity index (χ4n) is 5.68. The van der Waals surface area contributed by atoms with Gasteiger partial charge in [0.05, 0.1) is 34.8 Å². The maximum absolute atomic E-state index is 13.9. The second-order valence-corrected chi connectivity index (χ2v) is 8.92. The fraction of sp³-hybridized carbons (Fsp3) is 0.500. The van der Waals surface area contributed by atoms with Crippen LogP contribution in [0.1, 0.15) is 19.8 Å². The van der Waals surface area contributed by atoms with Crippen molar-refractivity contribution in [3.05, 3.63) is 41.9 Å². The summed E-state index contributed by atoms with van der Waals surface area (Å²) in [6, 6.07) is 5.77. The van der Waals surface area contributed by atoms with Crippen LogP contribution in [0.5, 0.6) is 0 Å². The largest absolute Gasteiger partial charge is 0.481 e. The summed E-state index contributed by atoms with van der Waals surface area (Å²) in [6.07, 6.45) is 2.36. The van der Waals surface area contributed by atoms with Crippen LogP contribution in [-0.4, -0.2) is 69.8 Å². The third kappa shape index (κ3) is 3.00. The van der Waals surface area contributed by atoms with Crippen LogP contribution >= 0.6 is 11.6 Å². The van der Waals surface area contributed by atoms with Crippen LogP contribution in [0.2, 0.25) is 5.02 Å². The average Bonchev–Trinajstić information content (AvgIpc) is 3.28. The number of aliphatic hydroxyl groups excluding tert-OH is 1. The van der Waals surface area contributed by atoms with Gasteiger partial charge in [0.25, 0.3) is 5.91 Å². The van der Waals surface area contributed by atoms with E-state index >= 15 is 0 Å². The summed E-state index contributed by atoms with van der Waals surface area (Å²) in [5, 5.41) is 19.8. The number of carboxylic acids is 1. The van der Waals surface area contributed by atoms with Gasteiger partial charge in [-0.15, -0.1) is 6.58 Å². The molecule has 1 spiro atoms. The number of aliphatic hydroxyl groups is 1. The Balaban J connectivity index is 1.82. The Morgan fingerprint density at radius 3 is 2.71 bits per heavy atom. The van der Waals surface area contributed by atoms with E-state index < -0.39 is 46.9 Å². The lowest BCUT2D eigenvalue weighted by atomic mass is 9.66. The van der Waals surface area contributed by atoms with Gasteiger partial charge in [-0.05, 0) is 31.9 Å². The lowest BCUT2D eigenvalue weighted by Gasteiger charge is -2.36. The lowest BCUT2D eigenvalue weighted by Crippen LogP contribution is -2.57. The predicted octanol–water partition coefficient (Wildman–Crippen LogP) is 1.70. The number of likely N-dealkylation sites (tertiary alicyclic amines) is 1. The third-order valence-corrected chi connectivity index (χ3v) is 7.16. The van der Waals surface area contributed by atoms with Crippen molar-refractivity contribution in [2.45, 2.75) is 37.0 Å². The van der Waals surface area contributed by atoms with Gasteiger partial charge in [0.1, 0.15) is 11.6 Å². The number of benzene rings is 1. The van der Waals surface area contributed by atoms with Crippen molar-refractivity contribution in [3.8, 4) is 0 Å². The van der Waals surface area contributed by atoms with Gasteiger partial charge in [-0.1, -0.05) is 29.8 Å². The van der Waals surface area contributed by atoms with E-state index in [1.54, 1.807) is 37.3 Å². The van der Waals surface area contributed by atoms with Gasteiger partial charge in [0, 0.05) is 13.1 Å². The zero-order valence-electron chi connectivity index (χ0n) is 17.2. The number of hydrogen-bond donors (Lipinski definition) is 2. The third-order valence-electron chi connectivity index (χ3n) is 6.84. The Morgan fingerprint density at radius 1 is 1.39 bits per heavy atom. The molecule has 4 rings (SSSR count). The maximum atomic E-state index is 13.9. The van der Waals surface area contributed by atoms with Gasteiger partial charge < -0.3 is 24.7 Å². The number of β-amino-alcohol motifs (C(OH)–C–C–N with tert-alkyl or cyclic N) is 1. The van der Waals surface area contributed by atoms with E-state index in [4.69, 9.17) is 16.3 Å². The standard InChI is InChI=1S/C22H25ClN2O6/c1-3-10-24(14-7-5-4-6-13(14)23)19(28)17-22-9-8-21(2,31-22)16(20(29)30)15(22)18(27)25(17)11-12-26/h3-7,15-17,26H,1,8-12H2,2H3,(H,29,30)/t15-,16-,17?,21+,22?/m0/s1. The van der Waals surface area contributed by atoms with Gasteiger partial charge in [0.15, 0.2) is 0 Å². The van der Waals surface area contributed by atoms with Crippen LogP contribution < -0.4 is 4.90 Å². The van der Waals surface area contributed by atoms with E-state index in [1.807, 2.05) is 0 Å². The Bertz CT molecular complexity index is 954. The topological polar surface area (TPSA) is 107 Å². The summed E-state index contributed by atoms with van der Waals surface area (Å²) >= 11 is 6.35. The molecule has 1 aromatic rings. The summed E-state index contributed by atoms with van der Waals surface area (Å²) in [5.41, 5.74) is -1.83. The number of anilines is 1. The van der Waals surface area contributed by atoms with Crippen molar-refractivity contribution < 1.29 is 29.3 Å². The van der Waals surface area contributed by atoms with Crippen molar-refractivity contribution in [3.63, 3.8) is 0 Å². The maximum Gasteiger partial charge on any atom is 0.310 e. The normalized spacial score (nSPS) is 33.5. The number of halogens is 1. The van der Waals surface area contributed by atoms with Crippen LogP contribution in [-0.2, 0) is 19.1 Å². The molecule has 8 nitrogen and oxygen atoms in total. The summed E-state index contributed by atoms with van der Waals surface area (Å²) in [5.74, 6) is -4.07. The number of aliphatic carboxylic acids is 1. The number of carboxylic acid groups (broad SMARTS) is 1. The van der Waals surface area contributed by atoms with Crippen molar-refractivity contribution >= 4 is 35.1 Å². The average molecular weight is 449 g/mol. The van der Waals surface area contributed by atoms with Crippen LogP contribution in [0.15, 0.2) is 36.9 Å². The first-order valence-corrected chi connectivity index (χ1v) is 10.6. The number of ether oxygens (including phenoxy) is 1. The molecule has 2 N–H and O–H groups in total. The SMILES string of the molecule is C=CCN(C(=O)C1N(CCO)C(=O)[C@@H]2[C@@H](C(=O)O)[C@@]3(C)CCC12O3)c1ccccc1Cl. The Kier molecular flexibility index (Phi) is 5.36. The van der Waals surface area contributed by atoms with Gasteiger partial charge in [-0.25, -0.2) is 0 Å².